The summed E-state index contributed by atoms with van der Waals surface area (Å²) >= 11 is 0. The molecule has 0 radical (unpaired) electrons. The number of aryl methyl sites for hydroxylation is 12. The number of nitro benzene ring substituents is 2. The minimum Gasteiger partial charge on any atom is -0.457 e. The van der Waals surface area contributed by atoms with E-state index in [0.29, 0.717) is 34.5 Å². The van der Waals surface area contributed by atoms with Gasteiger partial charge in [-0.3, -0.25) is 20.2 Å². The second-order valence-electron chi connectivity index (χ2n) is 20.2. The van der Waals surface area contributed by atoms with E-state index >= 15 is 0 Å². The van der Waals surface area contributed by atoms with Crippen LogP contribution >= 0.6 is 0 Å². The summed E-state index contributed by atoms with van der Waals surface area (Å²) in [4.78, 5) is 21.3. The smallest absolute Gasteiger partial charge is 0.269 e. The normalized spacial score (nSPS) is 11.3. The van der Waals surface area contributed by atoms with Crippen LogP contribution in [0.25, 0.3) is 0 Å². The highest BCUT2D eigenvalue weighted by Crippen LogP contribution is 2.44. The lowest BCUT2D eigenvalue weighted by Crippen LogP contribution is -2.20. The zero-order chi connectivity index (χ0) is 54.2. The Kier molecular flexibility index (Phi) is 14.8. The summed E-state index contributed by atoms with van der Waals surface area (Å²) in [7, 11) is 0. The molecule has 12 nitrogen and oxygen atoms in total. The zero-order valence-electron chi connectivity index (χ0n) is 45.0. The third-order valence-corrected chi connectivity index (χ3v) is 13.5. The molecule has 0 aliphatic rings. The van der Waals surface area contributed by atoms with Gasteiger partial charge in [-0.1, -0.05) is 38.1 Å². The molecule has 0 aliphatic heterocycles. The average Bonchev–Trinajstić information content (AvgIpc) is 3.33. The third-order valence-electron chi connectivity index (χ3n) is 13.5. The third kappa shape index (κ3) is 11.5. The van der Waals surface area contributed by atoms with Crippen LogP contribution in [0, 0.1) is 103 Å². The Hall–Kier alpha value is -8.64. The molecule has 0 fully saturated rings. The van der Waals surface area contributed by atoms with Crippen molar-refractivity contribution >= 4 is 11.4 Å². The Bertz CT molecular complexity index is 3170. The summed E-state index contributed by atoms with van der Waals surface area (Å²) in [5.41, 5.74) is 13.3. The molecule has 0 bridgehead atoms. The Morgan fingerprint density at radius 2 is 0.467 bits per heavy atom. The highest BCUT2D eigenvalue weighted by Gasteiger charge is 2.27. The summed E-state index contributed by atoms with van der Waals surface area (Å²) in [6.45, 7) is 28.7. The summed E-state index contributed by atoms with van der Waals surface area (Å²) < 4.78 is 38.6. The molecule has 12 heteroatoms. The number of nitro groups is 2. The highest BCUT2D eigenvalue weighted by atomic mass is 16.6. The van der Waals surface area contributed by atoms with Crippen molar-refractivity contribution in [2.45, 2.75) is 102 Å². The van der Waals surface area contributed by atoms with Crippen LogP contribution in [0.4, 0.5) is 11.4 Å². The number of hydrogen-bond acceptors (Lipinski definition) is 10. The highest BCUT2D eigenvalue weighted by molar-refractivity contribution is 5.58. The van der Waals surface area contributed by atoms with Gasteiger partial charge in [-0.15, -0.1) is 0 Å². The van der Waals surface area contributed by atoms with Crippen LogP contribution in [0.5, 0.6) is 69.0 Å². The van der Waals surface area contributed by atoms with E-state index in [1.165, 1.54) is 35.4 Å². The minimum absolute atomic E-state index is 0.00485. The molecule has 75 heavy (non-hydrogen) atoms. The van der Waals surface area contributed by atoms with Crippen LogP contribution in [0.2, 0.25) is 0 Å². The Labute approximate surface area is 438 Å². The van der Waals surface area contributed by atoms with E-state index in [2.05, 4.69) is 65.8 Å². The second kappa shape index (κ2) is 21.1. The van der Waals surface area contributed by atoms with Crippen LogP contribution in [-0.4, -0.2) is 9.85 Å². The maximum atomic E-state index is 11.1. The van der Waals surface area contributed by atoms with Gasteiger partial charge in [0.15, 0.2) is 0 Å². The number of benzene rings is 8. The Morgan fingerprint density at radius 3 is 0.653 bits per heavy atom. The Morgan fingerprint density at radius 1 is 0.293 bits per heavy atom. The van der Waals surface area contributed by atoms with E-state index in [0.717, 1.165) is 101 Å². The van der Waals surface area contributed by atoms with Crippen molar-refractivity contribution in [1.82, 2.24) is 0 Å². The molecule has 0 aromatic heterocycles. The van der Waals surface area contributed by atoms with Gasteiger partial charge in [-0.05, 0) is 234 Å². The van der Waals surface area contributed by atoms with Gasteiger partial charge in [0, 0.05) is 29.7 Å². The average molecular weight is 1010 g/mol. The second-order valence-corrected chi connectivity index (χ2v) is 20.2. The molecule has 0 saturated carbocycles. The molecule has 0 spiro atoms. The van der Waals surface area contributed by atoms with Crippen LogP contribution in [-0.2, 0) is 5.41 Å². The van der Waals surface area contributed by atoms with Crippen molar-refractivity contribution in [3.63, 3.8) is 0 Å². The van der Waals surface area contributed by atoms with Crippen LogP contribution in [0.3, 0.4) is 0 Å². The first-order valence-corrected chi connectivity index (χ1v) is 24.7. The van der Waals surface area contributed by atoms with Crippen molar-refractivity contribution < 1.29 is 38.3 Å². The quantitative estimate of drug-likeness (QED) is 0.0678. The maximum absolute atomic E-state index is 11.1. The van der Waals surface area contributed by atoms with Crippen molar-refractivity contribution in [1.29, 1.82) is 0 Å². The van der Waals surface area contributed by atoms with Crippen molar-refractivity contribution in [3.05, 3.63) is 219 Å². The van der Waals surface area contributed by atoms with Gasteiger partial charge in [0.25, 0.3) is 11.4 Å². The lowest BCUT2D eigenvalue weighted by atomic mass is 9.76. The van der Waals surface area contributed by atoms with Gasteiger partial charge in [0.05, 0.1) is 9.85 Å². The van der Waals surface area contributed by atoms with Crippen molar-refractivity contribution in [2.24, 2.45) is 0 Å². The molecule has 0 aliphatic carbocycles. The van der Waals surface area contributed by atoms with Gasteiger partial charge in [-0.25, -0.2) is 0 Å². The predicted octanol–water partition coefficient (Wildman–Crippen LogP) is 18.3. The van der Waals surface area contributed by atoms with Gasteiger partial charge in [0.2, 0.25) is 0 Å². The summed E-state index contributed by atoms with van der Waals surface area (Å²) in [5.74, 6) is 8.24. The van der Waals surface area contributed by atoms with Crippen LogP contribution in [0.15, 0.2) is 121 Å². The number of rotatable bonds is 16. The van der Waals surface area contributed by atoms with E-state index in [1.807, 2.05) is 104 Å². The molecule has 0 atom stereocenters. The topological polar surface area (TPSA) is 142 Å². The molecule has 0 heterocycles. The fraction of sp³-hybridized carbons (Fsp3) is 0.238. The van der Waals surface area contributed by atoms with Gasteiger partial charge < -0.3 is 28.4 Å². The zero-order valence-corrected chi connectivity index (χ0v) is 45.0. The number of nitrogens with zero attached hydrogens (tertiary/aromatic N) is 2. The van der Waals surface area contributed by atoms with Crippen LogP contribution < -0.4 is 28.4 Å². The van der Waals surface area contributed by atoms with E-state index in [9.17, 15) is 20.2 Å². The van der Waals surface area contributed by atoms with E-state index in [1.54, 1.807) is 24.3 Å². The standard InChI is InChI=1S/C63H62N2O10/c1-35-23-47(24-36(2)57(35)72-53-31-43(9)61(44(10)32-53)74-55-27-39(5)59(40(6)28-55)70-51-19-15-49(16-20-51)64(66)67)63(13,14)48-25-37(3)58(38(4)26-48)73-54-33-45(11)62(46(12)34-54)75-56-29-41(7)60(42(8)30-56)71-52-21-17-50(18-22-52)65(68)69/h15-34H,1-14H3. The molecular weight excluding hydrogens is 945 g/mol. The van der Waals surface area contributed by atoms with Gasteiger partial charge in [-0.2, -0.15) is 0 Å². The van der Waals surface area contributed by atoms with Crippen LogP contribution in [0.1, 0.15) is 91.7 Å². The fourth-order valence-electron chi connectivity index (χ4n) is 9.61. The Balaban J connectivity index is 0.937. The summed E-state index contributed by atoms with van der Waals surface area (Å²) in [6, 6.07) is 36.6. The van der Waals surface area contributed by atoms with E-state index in [4.69, 9.17) is 28.4 Å². The lowest BCUT2D eigenvalue weighted by Gasteiger charge is -2.29. The molecule has 8 rings (SSSR count). The first kappa shape index (κ1) is 52.7. The molecular formula is C63H62N2O10. The van der Waals surface area contributed by atoms with E-state index < -0.39 is 9.85 Å². The molecule has 0 amide bonds. The van der Waals surface area contributed by atoms with Gasteiger partial charge in [0.1, 0.15) is 69.0 Å². The molecule has 384 valence electrons. The molecule has 8 aromatic carbocycles. The van der Waals surface area contributed by atoms with Crippen molar-refractivity contribution in [3.8, 4) is 69.0 Å². The lowest BCUT2D eigenvalue weighted by molar-refractivity contribution is -0.385. The molecule has 0 N–H and O–H groups in total. The fourth-order valence-corrected chi connectivity index (χ4v) is 9.61. The number of non-ortho nitro benzene ring substituents is 2. The predicted molar refractivity (Wildman–Crippen MR) is 294 cm³/mol. The molecule has 0 saturated heterocycles. The van der Waals surface area contributed by atoms with E-state index in [-0.39, 0.29) is 16.8 Å². The monoisotopic (exact) mass is 1010 g/mol. The number of ether oxygens (including phenoxy) is 6. The number of hydrogen-bond donors (Lipinski definition) is 0. The summed E-state index contributed by atoms with van der Waals surface area (Å²) in [6.07, 6.45) is 0. The maximum Gasteiger partial charge on any atom is 0.269 e. The van der Waals surface area contributed by atoms with Gasteiger partial charge >= 0.3 is 0 Å². The van der Waals surface area contributed by atoms with Crippen molar-refractivity contribution in [2.75, 3.05) is 0 Å². The minimum atomic E-state index is -0.434. The SMILES string of the molecule is Cc1cc(Oc2c(C)cc(Oc3c(C)cc(C(C)(C)c4cc(C)c(Oc5cc(C)c(Oc6cc(C)c(Oc7ccc([N+](=O)[O-])cc7)c(C)c6)c(C)c5)c(C)c4)cc3C)cc2C)cc(C)c1Oc1ccc([N+](=O)[O-])cc1. The molecule has 0 unspecified atom stereocenters. The first-order chi connectivity index (χ1) is 35.4. The summed E-state index contributed by atoms with van der Waals surface area (Å²) in [5, 5.41) is 22.2. The first-order valence-electron chi connectivity index (χ1n) is 24.7. The largest absolute Gasteiger partial charge is 0.457 e. The molecule has 8 aromatic rings.